The van der Waals surface area contributed by atoms with Crippen LogP contribution in [0.4, 0.5) is 0 Å². The first-order chi connectivity index (χ1) is 12.7. The van der Waals surface area contributed by atoms with Crippen LogP contribution in [-0.4, -0.2) is 50.4 Å². The molecule has 0 aliphatic carbocycles. The maximum atomic E-state index is 12.7. The highest BCUT2D eigenvalue weighted by molar-refractivity contribution is 5.94. The smallest absolute Gasteiger partial charge is 0.338 e. The van der Waals surface area contributed by atoms with Crippen LogP contribution < -0.4 is 4.74 Å². The minimum absolute atomic E-state index is 0.00227. The maximum absolute atomic E-state index is 12.7. The van der Waals surface area contributed by atoms with E-state index in [1.807, 2.05) is 37.8 Å². The predicted octanol–water partition coefficient (Wildman–Crippen LogP) is 3.24. The molecule has 0 saturated carbocycles. The maximum Gasteiger partial charge on any atom is 0.338 e. The molecule has 2 heterocycles. The summed E-state index contributed by atoms with van der Waals surface area (Å²) in [5.41, 5.74) is 0.550. The van der Waals surface area contributed by atoms with Crippen LogP contribution in [0.3, 0.4) is 0 Å². The van der Waals surface area contributed by atoms with Gasteiger partial charge in [-0.15, -0.1) is 0 Å². The van der Waals surface area contributed by atoms with Gasteiger partial charge >= 0.3 is 5.97 Å². The molecule has 1 saturated heterocycles. The molecule has 7 heteroatoms. The van der Waals surface area contributed by atoms with Gasteiger partial charge in [0, 0.05) is 24.8 Å². The number of carbonyl (C=O) groups is 2. The Morgan fingerprint density at radius 3 is 2.26 bits per heavy atom. The number of piperidine rings is 1. The average Bonchev–Trinajstić information content (AvgIpc) is 3.11. The average molecular weight is 371 g/mol. The number of rotatable bonds is 4. The van der Waals surface area contributed by atoms with Crippen LogP contribution in [0.25, 0.3) is 0 Å². The number of hydrogen-bond donors (Lipinski definition) is 1. The summed E-state index contributed by atoms with van der Waals surface area (Å²) in [6, 6.07) is 7.35. The molecule has 1 aliphatic heterocycles. The van der Waals surface area contributed by atoms with Crippen molar-refractivity contribution in [1.29, 1.82) is 0 Å². The molecule has 1 aromatic heterocycles. The second-order valence-electron chi connectivity index (χ2n) is 7.78. The molecular formula is C20H25N3O4. The number of amides is 1. The zero-order chi connectivity index (χ0) is 19.6. The molecule has 27 heavy (non-hydrogen) atoms. The van der Waals surface area contributed by atoms with E-state index in [2.05, 4.69) is 5.10 Å². The van der Waals surface area contributed by atoms with Gasteiger partial charge in [0.25, 0.3) is 5.91 Å². The molecule has 2 aromatic rings. The number of nitrogens with zero attached hydrogens (tertiary/aromatic N) is 3. The van der Waals surface area contributed by atoms with Gasteiger partial charge in [-0.25, -0.2) is 4.79 Å². The summed E-state index contributed by atoms with van der Waals surface area (Å²) in [6.45, 7) is 7.18. The lowest BCUT2D eigenvalue weighted by Crippen LogP contribution is -2.39. The van der Waals surface area contributed by atoms with Crippen molar-refractivity contribution < 1.29 is 19.4 Å². The molecule has 1 fully saturated rings. The summed E-state index contributed by atoms with van der Waals surface area (Å²) >= 11 is 0. The first kappa shape index (κ1) is 18.9. The minimum Gasteiger partial charge on any atom is -0.488 e. The molecule has 1 amide bonds. The molecule has 7 nitrogen and oxygen atoms in total. The van der Waals surface area contributed by atoms with Gasteiger partial charge in [-0.05, 0) is 57.9 Å². The van der Waals surface area contributed by atoms with Crippen molar-refractivity contribution in [3.05, 3.63) is 47.8 Å². The molecule has 144 valence electrons. The number of likely N-dealkylation sites (tertiary alicyclic amines) is 1. The van der Waals surface area contributed by atoms with Crippen LogP contribution in [0.15, 0.2) is 36.7 Å². The van der Waals surface area contributed by atoms with Gasteiger partial charge in [-0.2, -0.15) is 5.10 Å². The van der Waals surface area contributed by atoms with Crippen molar-refractivity contribution in [2.75, 3.05) is 13.1 Å². The van der Waals surface area contributed by atoms with Crippen molar-refractivity contribution in [1.82, 2.24) is 14.7 Å². The number of aromatic nitrogens is 2. The van der Waals surface area contributed by atoms with E-state index in [-0.39, 0.29) is 23.1 Å². The van der Waals surface area contributed by atoms with E-state index in [1.165, 1.54) is 6.20 Å². The fourth-order valence-corrected chi connectivity index (χ4v) is 3.18. The lowest BCUT2D eigenvalue weighted by molar-refractivity contribution is 0.0688. The molecule has 0 bridgehead atoms. The summed E-state index contributed by atoms with van der Waals surface area (Å²) in [6.07, 6.45) is 4.41. The molecule has 0 radical (unpaired) electrons. The highest BCUT2D eigenvalue weighted by Crippen LogP contribution is 2.24. The first-order valence-corrected chi connectivity index (χ1v) is 9.09. The van der Waals surface area contributed by atoms with Gasteiger partial charge in [-0.1, -0.05) is 0 Å². The number of carboxylic acids is 1. The number of ether oxygens (including phenoxy) is 1. The summed E-state index contributed by atoms with van der Waals surface area (Å²) in [4.78, 5) is 25.5. The van der Waals surface area contributed by atoms with Crippen LogP contribution >= 0.6 is 0 Å². The standard InChI is InChI=1S/C20H25N3O4/c1-20(2,3)27-17-6-4-14(5-7-17)18(24)22-10-8-16(9-11-22)23-13-15(12-21-23)19(25)26/h4-7,12-13,16H,8-11H2,1-3H3,(H,25,26). The van der Waals surface area contributed by atoms with Gasteiger partial charge in [-0.3, -0.25) is 9.48 Å². The van der Waals surface area contributed by atoms with Crippen molar-refractivity contribution in [3.8, 4) is 5.75 Å². The van der Waals surface area contributed by atoms with Crippen LogP contribution in [0, 0.1) is 0 Å². The van der Waals surface area contributed by atoms with Crippen molar-refractivity contribution in [2.24, 2.45) is 0 Å². The fourth-order valence-electron chi connectivity index (χ4n) is 3.18. The molecule has 1 aliphatic rings. The lowest BCUT2D eigenvalue weighted by atomic mass is 10.0. The summed E-state index contributed by atoms with van der Waals surface area (Å²) < 4.78 is 7.49. The van der Waals surface area contributed by atoms with Crippen molar-refractivity contribution in [2.45, 2.75) is 45.3 Å². The van der Waals surface area contributed by atoms with Crippen LogP contribution in [0.2, 0.25) is 0 Å². The molecule has 0 atom stereocenters. The third-order valence-electron chi connectivity index (χ3n) is 4.50. The predicted molar refractivity (Wildman–Crippen MR) is 100 cm³/mol. The van der Waals surface area contributed by atoms with Gasteiger partial charge in [0.2, 0.25) is 0 Å². The van der Waals surface area contributed by atoms with E-state index in [0.29, 0.717) is 18.7 Å². The van der Waals surface area contributed by atoms with E-state index in [0.717, 1.165) is 18.6 Å². The molecule has 1 N–H and O–H groups in total. The fraction of sp³-hybridized carbons (Fsp3) is 0.450. The molecule has 1 aromatic carbocycles. The van der Waals surface area contributed by atoms with E-state index < -0.39 is 5.97 Å². The Kier molecular flexibility index (Phi) is 5.21. The molecule has 0 unspecified atom stereocenters. The zero-order valence-corrected chi connectivity index (χ0v) is 15.9. The molecular weight excluding hydrogens is 346 g/mol. The van der Waals surface area contributed by atoms with E-state index in [9.17, 15) is 9.59 Å². The number of carboxylic acid groups (broad SMARTS) is 1. The van der Waals surface area contributed by atoms with Crippen LogP contribution in [0.5, 0.6) is 5.75 Å². The summed E-state index contributed by atoms with van der Waals surface area (Å²) in [5.74, 6) is -0.235. The van der Waals surface area contributed by atoms with Crippen LogP contribution in [-0.2, 0) is 0 Å². The summed E-state index contributed by atoms with van der Waals surface area (Å²) in [7, 11) is 0. The topological polar surface area (TPSA) is 84.7 Å². The molecule has 0 spiro atoms. The number of benzene rings is 1. The van der Waals surface area contributed by atoms with E-state index in [1.54, 1.807) is 23.0 Å². The monoisotopic (exact) mass is 371 g/mol. The number of hydrogen-bond acceptors (Lipinski definition) is 4. The van der Waals surface area contributed by atoms with Gasteiger partial charge in [0.05, 0.1) is 17.8 Å². The molecule has 3 rings (SSSR count). The highest BCUT2D eigenvalue weighted by Gasteiger charge is 2.25. The SMILES string of the molecule is CC(C)(C)Oc1ccc(C(=O)N2CCC(n3cc(C(=O)O)cn3)CC2)cc1. The Labute approximate surface area is 158 Å². The Bertz CT molecular complexity index is 812. The van der Waals surface area contributed by atoms with Crippen LogP contribution in [0.1, 0.15) is 60.4 Å². The van der Waals surface area contributed by atoms with E-state index in [4.69, 9.17) is 9.84 Å². The Hall–Kier alpha value is -2.83. The summed E-state index contributed by atoms with van der Waals surface area (Å²) in [5, 5.41) is 13.2. The first-order valence-electron chi connectivity index (χ1n) is 9.09. The highest BCUT2D eigenvalue weighted by atomic mass is 16.5. The third kappa shape index (κ3) is 4.67. The number of aromatic carboxylic acids is 1. The second-order valence-corrected chi connectivity index (χ2v) is 7.78. The zero-order valence-electron chi connectivity index (χ0n) is 15.9. The Morgan fingerprint density at radius 1 is 1.11 bits per heavy atom. The van der Waals surface area contributed by atoms with Gasteiger partial charge < -0.3 is 14.7 Å². The largest absolute Gasteiger partial charge is 0.488 e. The Morgan fingerprint density at radius 2 is 1.74 bits per heavy atom. The quantitative estimate of drug-likeness (QED) is 0.892. The normalized spacial score (nSPS) is 15.6. The van der Waals surface area contributed by atoms with Gasteiger partial charge in [0.15, 0.2) is 0 Å². The van der Waals surface area contributed by atoms with Crippen molar-refractivity contribution in [3.63, 3.8) is 0 Å². The van der Waals surface area contributed by atoms with Crippen molar-refractivity contribution >= 4 is 11.9 Å². The Balaban J connectivity index is 1.58. The minimum atomic E-state index is -0.979. The third-order valence-corrected chi connectivity index (χ3v) is 4.50. The van der Waals surface area contributed by atoms with Gasteiger partial charge in [0.1, 0.15) is 11.4 Å². The van der Waals surface area contributed by atoms with E-state index >= 15 is 0 Å². The number of carbonyl (C=O) groups excluding carboxylic acids is 1. The second kappa shape index (κ2) is 7.42. The lowest BCUT2D eigenvalue weighted by Gasteiger charge is -2.32.